The number of fused-ring (bicyclic) bond motifs is 2. The lowest BCUT2D eigenvalue weighted by Crippen LogP contribution is -2.12. The summed E-state index contributed by atoms with van der Waals surface area (Å²) in [6.45, 7) is 1.88. The van der Waals surface area contributed by atoms with E-state index in [1.165, 1.54) is 0 Å². The fourth-order valence-corrected chi connectivity index (χ4v) is 3.14. The first-order valence-electron chi connectivity index (χ1n) is 7.47. The molecular formula is C19H13BrN2O2. The third-order valence-electron chi connectivity index (χ3n) is 3.99. The molecule has 2 aromatic carbocycles. The van der Waals surface area contributed by atoms with Crippen LogP contribution in [-0.2, 0) is 0 Å². The van der Waals surface area contributed by atoms with Gasteiger partial charge in [0.15, 0.2) is 5.76 Å². The van der Waals surface area contributed by atoms with Gasteiger partial charge < -0.3 is 9.73 Å². The minimum absolute atomic E-state index is 0.280. The number of nitrogens with one attached hydrogen (secondary N) is 1. The second-order valence-electron chi connectivity index (χ2n) is 5.53. The SMILES string of the molecule is Cc1c(C(=O)Nc2cccc3cccnc23)oc2cc(Br)ccc12. The van der Waals surface area contributed by atoms with Gasteiger partial charge in [0.1, 0.15) is 5.58 Å². The molecule has 0 spiro atoms. The fraction of sp³-hybridized carbons (Fsp3) is 0.0526. The molecule has 0 radical (unpaired) electrons. The summed E-state index contributed by atoms with van der Waals surface area (Å²) in [5.41, 5.74) is 2.93. The van der Waals surface area contributed by atoms with E-state index < -0.39 is 0 Å². The smallest absolute Gasteiger partial charge is 0.291 e. The number of halogens is 1. The number of benzene rings is 2. The lowest BCUT2D eigenvalue weighted by molar-refractivity contribution is 0.0998. The van der Waals surface area contributed by atoms with Crippen LogP contribution in [0.15, 0.2) is 63.6 Å². The molecule has 0 atom stereocenters. The number of pyridine rings is 1. The van der Waals surface area contributed by atoms with Crippen LogP contribution in [0.25, 0.3) is 21.9 Å². The Labute approximate surface area is 146 Å². The summed E-state index contributed by atoms with van der Waals surface area (Å²) >= 11 is 3.42. The molecule has 0 aliphatic rings. The zero-order valence-electron chi connectivity index (χ0n) is 12.8. The van der Waals surface area contributed by atoms with Gasteiger partial charge in [-0.15, -0.1) is 0 Å². The van der Waals surface area contributed by atoms with Crippen molar-refractivity contribution in [3.63, 3.8) is 0 Å². The van der Waals surface area contributed by atoms with E-state index >= 15 is 0 Å². The van der Waals surface area contributed by atoms with E-state index in [4.69, 9.17) is 4.42 Å². The van der Waals surface area contributed by atoms with Gasteiger partial charge in [-0.2, -0.15) is 0 Å². The Kier molecular flexibility index (Phi) is 3.58. The van der Waals surface area contributed by atoms with Crippen LogP contribution in [0, 0.1) is 6.92 Å². The Hall–Kier alpha value is -2.66. The minimum Gasteiger partial charge on any atom is -0.451 e. The highest BCUT2D eigenvalue weighted by molar-refractivity contribution is 9.10. The van der Waals surface area contributed by atoms with Gasteiger partial charge in [0, 0.05) is 27.0 Å². The normalized spacial score (nSPS) is 11.1. The molecule has 0 saturated carbocycles. The number of aromatic nitrogens is 1. The Bertz CT molecular complexity index is 1080. The number of rotatable bonds is 2. The Morgan fingerprint density at radius 3 is 2.88 bits per heavy atom. The number of amides is 1. The number of hydrogen-bond acceptors (Lipinski definition) is 3. The molecule has 118 valence electrons. The Balaban J connectivity index is 1.75. The van der Waals surface area contributed by atoms with Crippen LogP contribution < -0.4 is 5.32 Å². The average Bonchev–Trinajstić information content (AvgIpc) is 2.91. The molecule has 0 fully saturated rings. The van der Waals surface area contributed by atoms with Crippen molar-refractivity contribution in [2.24, 2.45) is 0 Å². The molecule has 0 bridgehead atoms. The molecule has 24 heavy (non-hydrogen) atoms. The predicted octanol–water partition coefficient (Wildman–Crippen LogP) is 5.30. The summed E-state index contributed by atoms with van der Waals surface area (Å²) in [6, 6.07) is 15.2. The summed E-state index contributed by atoms with van der Waals surface area (Å²) in [7, 11) is 0. The molecule has 4 aromatic rings. The molecule has 0 unspecified atom stereocenters. The topological polar surface area (TPSA) is 55.1 Å². The van der Waals surface area contributed by atoms with Gasteiger partial charge in [-0.25, -0.2) is 0 Å². The first kappa shape index (κ1) is 14.9. The average molecular weight is 381 g/mol. The molecule has 0 aliphatic heterocycles. The highest BCUT2D eigenvalue weighted by Gasteiger charge is 2.18. The van der Waals surface area contributed by atoms with Gasteiger partial charge in [0.2, 0.25) is 0 Å². The fourth-order valence-electron chi connectivity index (χ4n) is 2.80. The van der Waals surface area contributed by atoms with Crippen LogP contribution in [0.1, 0.15) is 16.1 Å². The van der Waals surface area contributed by atoms with Crippen molar-refractivity contribution >= 4 is 49.4 Å². The predicted molar refractivity (Wildman–Crippen MR) is 98.3 cm³/mol. The number of nitrogens with zero attached hydrogens (tertiary/aromatic N) is 1. The van der Waals surface area contributed by atoms with E-state index in [1.54, 1.807) is 6.20 Å². The molecule has 0 saturated heterocycles. The number of furan rings is 1. The summed E-state index contributed by atoms with van der Waals surface area (Å²) in [5.74, 6) is 0.0361. The van der Waals surface area contributed by atoms with Crippen LogP contribution in [0.4, 0.5) is 5.69 Å². The number of para-hydroxylation sites is 1. The van der Waals surface area contributed by atoms with Crippen LogP contribution >= 0.6 is 15.9 Å². The van der Waals surface area contributed by atoms with Crippen molar-refractivity contribution in [3.8, 4) is 0 Å². The van der Waals surface area contributed by atoms with Crippen LogP contribution in [-0.4, -0.2) is 10.9 Å². The molecule has 1 N–H and O–H groups in total. The highest BCUT2D eigenvalue weighted by Crippen LogP contribution is 2.29. The van der Waals surface area contributed by atoms with Crippen molar-refractivity contribution in [1.29, 1.82) is 0 Å². The van der Waals surface area contributed by atoms with Gasteiger partial charge >= 0.3 is 0 Å². The maximum absolute atomic E-state index is 12.7. The third kappa shape index (κ3) is 2.47. The van der Waals surface area contributed by atoms with Crippen molar-refractivity contribution in [1.82, 2.24) is 4.98 Å². The monoisotopic (exact) mass is 380 g/mol. The number of carbonyl (C=O) groups excluding carboxylic acids is 1. The standard InChI is InChI=1S/C19H13BrN2O2/c1-11-14-8-7-13(20)10-16(14)24-18(11)19(23)22-15-6-2-4-12-5-3-9-21-17(12)15/h2-10H,1H3,(H,22,23). The van der Waals surface area contributed by atoms with Gasteiger partial charge in [0.25, 0.3) is 5.91 Å². The van der Waals surface area contributed by atoms with Crippen molar-refractivity contribution in [3.05, 3.63) is 70.5 Å². The molecule has 2 aromatic heterocycles. The second-order valence-corrected chi connectivity index (χ2v) is 6.45. The van der Waals surface area contributed by atoms with Crippen molar-refractivity contribution < 1.29 is 9.21 Å². The minimum atomic E-state index is -0.280. The van der Waals surface area contributed by atoms with Gasteiger partial charge in [0.05, 0.1) is 11.2 Å². The van der Waals surface area contributed by atoms with E-state index in [1.807, 2.05) is 55.5 Å². The molecule has 1 amide bonds. The summed E-state index contributed by atoms with van der Waals surface area (Å²) in [5, 5.41) is 4.81. The molecular weight excluding hydrogens is 368 g/mol. The van der Waals surface area contributed by atoms with Crippen molar-refractivity contribution in [2.75, 3.05) is 5.32 Å². The van der Waals surface area contributed by atoms with Gasteiger partial charge in [-0.1, -0.05) is 34.1 Å². The number of aryl methyl sites for hydroxylation is 1. The molecule has 4 rings (SSSR count). The summed E-state index contributed by atoms with van der Waals surface area (Å²) in [6.07, 6.45) is 1.71. The van der Waals surface area contributed by atoms with Gasteiger partial charge in [-0.05, 0) is 37.3 Å². The zero-order chi connectivity index (χ0) is 16.7. The highest BCUT2D eigenvalue weighted by atomic mass is 79.9. The second kappa shape index (κ2) is 5.76. The van der Waals surface area contributed by atoms with Gasteiger partial charge in [-0.3, -0.25) is 9.78 Å². The molecule has 4 nitrogen and oxygen atoms in total. The van der Waals surface area contributed by atoms with Crippen LogP contribution in [0.2, 0.25) is 0 Å². The molecule has 0 aliphatic carbocycles. The quantitative estimate of drug-likeness (QED) is 0.512. The lowest BCUT2D eigenvalue weighted by Gasteiger charge is -2.07. The van der Waals surface area contributed by atoms with E-state index in [2.05, 4.69) is 26.2 Å². The van der Waals surface area contributed by atoms with E-state index in [-0.39, 0.29) is 5.91 Å². The van der Waals surface area contributed by atoms with Crippen LogP contribution in [0.3, 0.4) is 0 Å². The maximum atomic E-state index is 12.7. The van der Waals surface area contributed by atoms with Crippen LogP contribution in [0.5, 0.6) is 0 Å². The number of anilines is 1. The van der Waals surface area contributed by atoms with E-state index in [0.29, 0.717) is 17.0 Å². The maximum Gasteiger partial charge on any atom is 0.291 e. The van der Waals surface area contributed by atoms with E-state index in [9.17, 15) is 4.79 Å². The lowest BCUT2D eigenvalue weighted by atomic mass is 10.1. The Morgan fingerprint density at radius 2 is 2.00 bits per heavy atom. The van der Waals surface area contributed by atoms with Crippen molar-refractivity contribution in [2.45, 2.75) is 6.92 Å². The van der Waals surface area contributed by atoms with E-state index in [0.717, 1.165) is 26.3 Å². The third-order valence-corrected chi connectivity index (χ3v) is 4.48. The summed E-state index contributed by atoms with van der Waals surface area (Å²) in [4.78, 5) is 17.0. The molecule has 2 heterocycles. The molecule has 5 heteroatoms. The Morgan fingerprint density at radius 1 is 1.17 bits per heavy atom. The first-order chi connectivity index (χ1) is 11.6. The summed E-state index contributed by atoms with van der Waals surface area (Å²) < 4.78 is 6.67. The number of carbonyl (C=O) groups is 1. The first-order valence-corrected chi connectivity index (χ1v) is 8.26. The zero-order valence-corrected chi connectivity index (χ0v) is 14.4. The number of hydrogen-bond donors (Lipinski definition) is 1. The largest absolute Gasteiger partial charge is 0.451 e.